The highest BCUT2D eigenvalue weighted by Gasteiger charge is 2.27. The summed E-state index contributed by atoms with van der Waals surface area (Å²) >= 11 is 8.04. The first-order chi connectivity index (χ1) is 11.5. The topological polar surface area (TPSA) is 52.6 Å². The Balaban J connectivity index is 2.59. The summed E-state index contributed by atoms with van der Waals surface area (Å²) in [6, 6.07) is 7.31. The predicted octanol–water partition coefficient (Wildman–Crippen LogP) is 4.91. The van der Waals surface area contributed by atoms with Gasteiger partial charge in [0, 0.05) is 4.88 Å². The van der Waals surface area contributed by atoms with Crippen molar-refractivity contribution in [3.05, 3.63) is 45.8 Å². The molecule has 0 saturated carbocycles. The molecule has 1 heterocycles. The lowest BCUT2D eigenvalue weighted by Crippen LogP contribution is -2.16. The second-order valence-corrected chi connectivity index (χ2v) is 6.39. The van der Waals surface area contributed by atoms with E-state index in [9.17, 15) is 9.59 Å². The summed E-state index contributed by atoms with van der Waals surface area (Å²) in [5.74, 6) is -1.47. The van der Waals surface area contributed by atoms with E-state index in [1.54, 1.807) is 32.9 Å². The highest BCUT2D eigenvalue weighted by molar-refractivity contribution is 7.13. The first-order valence-corrected chi connectivity index (χ1v) is 8.97. The fourth-order valence-electron chi connectivity index (χ4n) is 2.41. The molecular weight excluding hydrogens is 348 g/mol. The number of esters is 2. The number of hydrogen-bond donors (Lipinski definition) is 0. The van der Waals surface area contributed by atoms with Gasteiger partial charge in [-0.3, -0.25) is 4.79 Å². The molecule has 0 saturated heterocycles. The van der Waals surface area contributed by atoms with Crippen molar-refractivity contribution in [2.75, 3.05) is 13.2 Å². The van der Waals surface area contributed by atoms with E-state index in [4.69, 9.17) is 21.1 Å². The van der Waals surface area contributed by atoms with E-state index < -0.39 is 11.9 Å². The summed E-state index contributed by atoms with van der Waals surface area (Å²) in [5.41, 5.74) is 1.66. The van der Waals surface area contributed by atoms with Crippen LogP contribution in [0.2, 0.25) is 5.02 Å². The van der Waals surface area contributed by atoms with Gasteiger partial charge < -0.3 is 9.47 Å². The average Bonchev–Trinajstić information content (AvgIpc) is 3.08. The molecule has 1 aromatic heterocycles. The number of ether oxygens (including phenoxy) is 2. The van der Waals surface area contributed by atoms with Crippen LogP contribution in [0.3, 0.4) is 0 Å². The van der Waals surface area contributed by atoms with Crippen molar-refractivity contribution < 1.29 is 19.1 Å². The quantitative estimate of drug-likeness (QED) is 0.681. The van der Waals surface area contributed by atoms with Crippen molar-refractivity contribution in [3.63, 3.8) is 0 Å². The van der Waals surface area contributed by atoms with Gasteiger partial charge in [-0.25, -0.2) is 4.79 Å². The Labute approximate surface area is 150 Å². The molecule has 0 N–H and O–H groups in total. The van der Waals surface area contributed by atoms with Gasteiger partial charge in [-0.15, -0.1) is 11.3 Å². The number of carbonyl (C=O) groups is 2. The molecule has 4 nitrogen and oxygen atoms in total. The van der Waals surface area contributed by atoms with Crippen LogP contribution in [-0.4, -0.2) is 25.2 Å². The minimum absolute atomic E-state index is 0.236. The van der Waals surface area contributed by atoms with Crippen LogP contribution in [0, 0.1) is 0 Å². The molecule has 0 fully saturated rings. The molecule has 0 aliphatic rings. The molecule has 1 aromatic carbocycles. The third kappa shape index (κ3) is 3.79. The zero-order valence-electron chi connectivity index (χ0n) is 13.8. The lowest BCUT2D eigenvalue weighted by atomic mass is 9.92. The molecule has 0 amide bonds. The summed E-state index contributed by atoms with van der Waals surface area (Å²) in [4.78, 5) is 25.3. The highest BCUT2D eigenvalue weighted by Crippen LogP contribution is 2.39. The van der Waals surface area contributed by atoms with Gasteiger partial charge >= 0.3 is 11.9 Å². The van der Waals surface area contributed by atoms with Gasteiger partial charge in [0.25, 0.3) is 0 Å². The van der Waals surface area contributed by atoms with E-state index >= 15 is 0 Å². The monoisotopic (exact) mass is 366 g/mol. The molecule has 0 aliphatic heterocycles. The van der Waals surface area contributed by atoms with Crippen LogP contribution in [0.4, 0.5) is 0 Å². The largest absolute Gasteiger partial charge is 0.466 e. The molecule has 6 heteroatoms. The van der Waals surface area contributed by atoms with E-state index in [1.165, 1.54) is 11.3 Å². The first-order valence-electron chi connectivity index (χ1n) is 7.71. The molecular formula is C18H19ClO4S. The summed E-state index contributed by atoms with van der Waals surface area (Å²) in [7, 11) is 0. The Hall–Kier alpha value is -1.85. The highest BCUT2D eigenvalue weighted by atomic mass is 35.5. The maximum Gasteiger partial charge on any atom is 0.339 e. The van der Waals surface area contributed by atoms with E-state index in [2.05, 4.69) is 0 Å². The van der Waals surface area contributed by atoms with E-state index in [0.717, 1.165) is 10.4 Å². The maximum atomic E-state index is 12.2. The van der Waals surface area contributed by atoms with Crippen molar-refractivity contribution in [1.82, 2.24) is 0 Å². The number of halogens is 1. The van der Waals surface area contributed by atoms with Gasteiger partial charge in [-0.1, -0.05) is 23.7 Å². The second kappa shape index (κ2) is 8.31. The summed E-state index contributed by atoms with van der Waals surface area (Å²) in [6.07, 6.45) is 0. The van der Waals surface area contributed by atoms with E-state index in [1.807, 2.05) is 17.5 Å². The average molecular weight is 367 g/mol. The summed E-state index contributed by atoms with van der Waals surface area (Å²) < 4.78 is 10.2. The smallest absolute Gasteiger partial charge is 0.339 e. The predicted molar refractivity (Wildman–Crippen MR) is 95.8 cm³/mol. The lowest BCUT2D eigenvalue weighted by Gasteiger charge is -2.18. The Bertz CT molecular complexity index is 725. The maximum absolute atomic E-state index is 12.2. The third-order valence-corrected chi connectivity index (χ3v) is 4.85. The van der Waals surface area contributed by atoms with Crippen molar-refractivity contribution in [2.24, 2.45) is 0 Å². The van der Waals surface area contributed by atoms with Crippen molar-refractivity contribution in [3.8, 4) is 10.4 Å². The molecule has 1 unspecified atom stereocenters. The fourth-order valence-corrected chi connectivity index (χ4v) is 3.59. The molecule has 2 rings (SSSR count). The number of thiophene rings is 1. The molecule has 128 valence electrons. The number of hydrogen-bond acceptors (Lipinski definition) is 5. The molecule has 0 bridgehead atoms. The van der Waals surface area contributed by atoms with Crippen LogP contribution < -0.4 is 0 Å². The van der Waals surface area contributed by atoms with Gasteiger partial charge in [0.15, 0.2) is 0 Å². The third-order valence-electron chi connectivity index (χ3n) is 3.53. The van der Waals surface area contributed by atoms with Crippen LogP contribution in [0.1, 0.15) is 42.6 Å². The summed E-state index contributed by atoms with van der Waals surface area (Å²) in [5, 5.41) is 2.18. The van der Waals surface area contributed by atoms with Gasteiger partial charge in [0.1, 0.15) is 0 Å². The summed E-state index contributed by atoms with van der Waals surface area (Å²) in [6.45, 7) is 5.75. The normalized spacial score (nSPS) is 11.8. The molecule has 24 heavy (non-hydrogen) atoms. The van der Waals surface area contributed by atoms with Gasteiger partial charge in [-0.05, 0) is 49.4 Å². The van der Waals surface area contributed by atoms with E-state index in [0.29, 0.717) is 5.56 Å². The first kappa shape index (κ1) is 18.5. The Morgan fingerprint density at radius 1 is 1.17 bits per heavy atom. The number of benzene rings is 1. The SMILES string of the molecule is CCOC(=O)c1ccc(-c2cccs2)c(C(C)C(=O)OCC)c1Cl. The minimum atomic E-state index is -0.594. The fraction of sp³-hybridized carbons (Fsp3) is 0.333. The van der Waals surface area contributed by atoms with Crippen molar-refractivity contribution in [1.29, 1.82) is 0 Å². The van der Waals surface area contributed by atoms with Gasteiger partial charge in [-0.2, -0.15) is 0 Å². The van der Waals surface area contributed by atoms with Crippen LogP contribution in [0.5, 0.6) is 0 Å². The Morgan fingerprint density at radius 3 is 2.46 bits per heavy atom. The number of carbonyl (C=O) groups excluding carboxylic acids is 2. The van der Waals surface area contributed by atoms with Crippen LogP contribution in [0.25, 0.3) is 10.4 Å². The second-order valence-electron chi connectivity index (χ2n) is 5.06. The lowest BCUT2D eigenvalue weighted by molar-refractivity contribution is -0.144. The molecule has 1 atom stereocenters. The molecule has 0 aliphatic carbocycles. The Morgan fingerprint density at radius 2 is 1.88 bits per heavy atom. The van der Waals surface area contributed by atoms with Crippen LogP contribution in [0.15, 0.2) is 29.6 Å². The zero-order chi connectivity index (χ0) is 17.7. The minimum Gasteiger partial charge on any atom is -0.466 e. The molecule has 2 aromatic rings. The van der Waals surface area contributed by atoms with Gasteiger partial charge in [0.05, 0.1) is 29.7 Å². The van der Waals surface area contributed by atoms with Crippen molar-refractivity contribution in [2.45, 2.75) is 26.7 Å². The molecule has 0 spiro atoms. The van der Waals surface area contributed by atoms with E-state index in [-0.39, 0.29) is 29.8 Å². The standard InChI is InChI=1S/C18H19ClO4S/c1-4-22-17(20)11(3)15-12(14-7-6-10-24-14)8-9-13(16(15)19)18(21)23-5-2/h6-11H,4-5H2,1-3H3. The number of rotatable bonds is 6. The van der Waals surface area contributed by atoms with Crippen LogP contribution in [-0.2, 0) is 14.3 Å². The molecule has 0 radical (unpaired) electrons. The Kier molecular flexibility index (Phi) is 6.40. The van der Waals surface area contributed by atoms with Crippen molar-refractivity contribution >= 4 is 34.9 Å². The zero-order valence-corrected chi connectivity index (χ0v) is 15.4. The van der Waals surface area contributed by atoms with Gasteiger partial charge in [0.2, 0.25) is 0 Å². The van der Waals surface area contributed by atoms with Crippen LogP contribution >= 0.6 is 22.9 Å².